The molecule has 1 heterocycles. The zero-order valence-electron chi connectivity index (χ0n) is 13.6. The summed E-state index contributed by atoms with van der Waals surface area (Å²) in [5.74, 6) is 1.33. The first-order valence-corrected chi connectivity index (χ1v) is 8.42. The van der Waals surface area contributed by atoms with Crippen LogP contribution in [-0.2, 0) is 6.42 Å². The molecular weight excluding hydrogens is 370 g/mol. The normalized spacial score (nSPS) is 14.7. The van der Waals surface area contributed by atoms with Crippen LogP contribution in [-0.4, -0.2) is 26.5 Å². The molecule has 0 saturated heterocycles. The predicted octanol–water partition coefficient (Wildman–Crippen LogP) is 3.84. The highest BCUT2D eigenvalue weighted by atomic mass is 79.9. The van der Waals surface area contributed by atoms with E-state index in [-0.39, 0.29) is 5.78 Å². The van der Waals surface area contributed by atoms with Crippen LogP contribution in [0, 0.1) is 0 Å². The summed E-state index contributed by atoms with van der Waals surface area (Å²) < 4.78 is 11.7. The second-order valence-electron chi connectivity index (χ2n) is 5.47. The number of rotatable bonds is 4. The molecule has 24 heavy (non-hydrogen) atoms. The van der Waals surface area contributed by atoms with Gasteiger partial charge in [0.25, 0.3) is 0 Å². The third-order valence-corrected chi connectivity index (χ3v) is 4.54. The number of carbonyl (C=O) groups excluding carboxylic acids is 1. The van der Waals surface area contributed by atoms with Crippen LogP contribution < -0.4 is 14.8 Å². The predicted molar refractivity (Wildman–Crippen MR) is 97.7 cm³/mol. The lowest BCUT2D eigenvalue weighted by molar-refractivity contribution is 0.104. The van der Waals surface area contributed by atoms with Crippen LogP contribution >= 0.6 is 15.9 Å². The van der Waals surface area contributed by atoms with E-state index < -0.39 is 0 Å². The Hall–Kier alpha value is -2.27. The molecule has 0 aromatic heterocycles. The number of methoxy groups -OCH3 is 2. The van der Waals surface area contributed by atoms with Crippen molar-refractivity contribution >= 4 is 27.4 Å². The summed E-state index contributed by atoms with van der Waals surface area (Å²) in [4.78, 5) is 12.5. The van der Waals surface area contributed by atoms with E-state index in [0.29, 0.717) is 17.1 Å². The van der Waals surface area contributed by atoms with Crippen molar-refractivity contribution in [2.24, 2.45) is 0 Å². The van der Waals surface area contributed by atoms with Crippen molar-refractivity contribution in [3.8, 4) is 11.5 Å². The van der Waals surface area contributed by atoms with Crippen molar-refractivity contribution in [1.29, 1.82) is 0 Å². The SMILES string of the molecule is COc1cc2c(cc1OC)/C(=C/C(=O)c1ccc(Br)cc1)NCC2. The Balaban J connectivity index is 1.99. The van der Waals surface area contributed by atoms with E-state index in [9.17, 15) is 4.79 Å². The maximum Gasteiger partial charge on any atom is 0.187 e. The average Bonchev–Trinajstić information content (AvgIpc) is 2.61. The number of hydrogen-bond donors (Lipinski definition) is 1. The van der Waals surface area contributed by atoms with Gasteiger partial charge in [-0.15, -0.1) is 0 Å². The summed E-state index contributed by atoms with van der Waals surface area (Å²) in [6.45, 7) is 0.780. The number of carbonyl (C=O) groups is 1. The second kappa shape index (κ2) is 7.09. The van der Waals surface area contributed by atoms with Crippen molar-refractivity contribution in [3.63, 3.8) is 0 Å². The van der Waals surface area contributed by atoms with E-state index in [0.717, 1.165) is 34.3 Å². The molecule has 4 nitrogen and oxygen atoms in total. The van der Waals surface area contributed by atoms with Gasteiger partial charge in [-0.25, -0.2) is 0 Å². The molecule has 0 bridgehead atoms. The largest absolute Gasteiger partial charge is 0.493 e. The van der Waals surface area contributed by atoms with Crippen LogP contribution in [0.25, 0.3) is 5.70 Å². The molecule has 2 aromatic carbocycles. The Kier molecular flexibility index (Phi) is 4.90. The van der Waals surface area contributed by atoms with Crippen molar-refractivity contribution in [2.75, 3.05) is 20.8 Å². The topological polar surface area (TPSA) is 47.6 Å². The molecule has 1 aliphatic heterocycles. The minimum Gasteiger partial charge on any atom is -0.493 e. The van der Waals surface area contributed by atoms with Crippen LogP contribution in [0.5, 0.6) is 11.5 Å². The van der Waals surface area contributed by atoms with Crippen LogP contribution in [0.3, 0.4) is 0 Å². The number of fused-ring (bicyclic) bond motifs is 1. The maximum atomic E-state index is 12.5. The Morgan fingerprint density at radius 2 is 1.79 bits per heavy atom. The standard InChI is InChI=1S/C19H18BrNO3/c1-23-18-9-13-7-8-21-16(15(13)10-19(18)24-2)11-17(22)12-3-5-14(20)6-4-12/h3-6,9-11,21H,7-8H2,1-2H3/b16-11-. The molecule has 0 saturated carbocycles. The molecule has 3 rings (SSSR count). The molecule has 1 aliphatic rings. The smallest absolute Gasteiger partial charge is 0.187 e. The number of benzene rings is 2. The molecule has 1 N–H and O–H groups in total. The molecular formula is C19H18BrNO3. The van der Waals surface area contributed by atoms with Crippen molar-refractivity contribution in [3.05, 3.63) is 63.6 Å². The van der Waals surface area contributed by atoms with Crippen molar-refractivity contribution in [1.82, 2.24) is 5.32 Å². The third kappa shape index (κ3) is 3.31. The highest BCUT2D eigenvalue weighted by Gasteiger charge is 2.19. The first kappa shape index (κ1) is 16.6. The van der Waals surface area contributed by atoms with Crippen LogP contribution in [0.2, 0.25) is 0 Å². The summed E-state index contributed by atoms with van der Waals surface area (Å²) in [7, 11) is 3.23. The lowest BCUT2D eigenvalue weighted by Gasteiger charge is -2.23. The molecule has 0 radical (unpaired) electrons. The number of allylic oxidation sites excluding steroid dienone is 1. The van der Waals surface area contributed by atoms with E-state index in [4.69, 9.17) is 9.47 Å². The fraction of sp³-hybridized carbons (Fsp3) is 0.211. The van der Waals surface area contributed by atoms with Gasteiger partial charge in [0, 0.05) is 33.9 Å². The first-order valence-electron chi connectivity index (χ1n) is 7.63. The summed E-state index contributed by atoms with van der Waals surface area (Å²) in [6.07, 6.45) is 2.52. The summed E-state index contributed by atoms with van der Waals surface area (Å²) in [5.41, 5.74) is 3.58. The molecule has 0 aliphatic carbocycles. The molecule has 124 valence electrons. The Morgan fingerprint density at radius 1 is 1.12 bits per heavy atom. The van der Waals surface area contributed by atoms with Gasteiger partial charge in [0.2, 0.25) is 0 Å². The van der Waals surface area contributed by atoms with Crippen molar-refractivity contribution < 1.29 is 14.3 Å². The van der Waals surface area contributed by atoms with E-state index in [1.807, 2.05) is 36.4 Å². The van der Waals surface area contributed by atoms with Crippen LogP contribution in [0.4, 0.5) is 0 Å². The fourth-order valence-corrected chi connectivity index (χ4v) is 3.03. The summed E-state index contributed by atoms with van der Waals surface area (Å²) >= 11 is 3.38. The van der Waals surface area contributed by atoms with Crippen LogP contribution in [0.15, 0.2) is 46.9 Å². The average molecular weight is 388 g/mol. The molecule has 0 amide bonds. The molecule has 0 spiro atoms. The van der Waals surface area contributed by atoms with Gasteiger partial charge < -0.3 is 14.8 Å². The van der Waals surface area contributed by atoms with Gasteiger partial charge in [-0.3, -0.25) is 4.79 Å². The molecule has 0 atom stereocenters. The van der Waals surface area contributed by atoms with Gasteiger partial charge >= 0.3 is 0 Å². The van der Waals surface area contributed by atoms with E-state index in [1.54, 1.807) is 20.3 Å². The summed E-state index contributed by atoms with van der Waals surface area (Å²) in [6, 6.07) is 11.2. The number of ketones is 1. The zero-order valence-corrected chi connectivity index (χ0v) is 15.1. The maximum absolute atomic E-state index is 12.5. The molecule has 5 heteroatoms. The van der Waals surface area contributed by atoms with Gasteiger partial charge in [0.15, 0.2) is 17.3 Å². The Morgan fingerprint density at radius 3 is 2.46 bits per heavy atom. The number of hydrogen-bond acceptors (Lipinski definition) is 4. The number of ether oxygens (including phenoxy) is 2. The molecule has 2 aromatic rings. The minimum absolute atomic E-state index is 0.0346. The van der Waals surface area contributed by atoms with Gasteiger partial charge in [-0.05, 0) is 48.4 Å². The zero-order chi connectivity index (χ0) is 17.1. The lowest BCUT2D eigenvalue weighted by Crippen LogP contribution is -2.23. The Labute approximate surface area is 149 Å². The van der Waals surface area contributed by atoms with Gasteiger partial charge in [-0.2, -0.15) is 0 Å². The highest BCUT2D eigenvalue weighted by molar-refractivity contribution is 9.10. The third-order valence-electron chi connectivity index (χ3n) is 4.01. The molecule has 0 fully saturated rings. The summed E-state index contributed by atoms with van der Waals surface area (Å²) in [5, 5.41) is 3.31. The quantitative estimate of drug-likeness (QED) is 0.639. The van der Waals surface area contributed by atoms with E-state index in [2.05, 4.69) is 21.2 Å². The molecule has 0 unspecified atom stereocenters. The van der Waals surface area contributed by atoms with Gasteiger partial charge in [0.05, 0.1) is 14.2 Å². The van der Waals surface area contributed by atoms with E-state index >= 15 is 0 Å². The van der Waals surface area contributed by atoms with E-state index in [1.165, 1.54) is 0 Å². The minimum atomic E-state index is -0.0346. The first-order chi connectivity index (χ1) is 11.6. The Bertz CT molecular complexity index is 797. The number of halogens is 1. The lowest BCUT2D eigenvalue weighted by atomic mass is 9.95. The van der Waals surface area contributed by atoms with Crippen molar-refractivity contribution in [2.45, 2.75) is 6.42 Å². The van der Waals surface area contributed by atoms with Gasteiger partial charge in [0.1, 0.15) is 0 Å². The fourth-order valence-electron chi connectivity index (χ4n) is 2.76. The number of nitrogens with one attached hydrogen (secondary N) is 1. The monoisotopic (exact) mass is 387 g/mol. The highest BCUT2D eigenvalue weighted by Crippen LogP contribution is 2.34. The van der Waals surface area contributed by atoms with Gasteiger partial charge in [-0.1, -0.05) is 15.9 Å². The second-order valence-corrected chi connectivity index (χ2v) is 6.39. The van der Waals surface area contributed by atoms with Crippen LogP contribution in [0.1, 0.15) is 21.5 Å².